The highest BCUT2D eigenvalue weighted by molar-refractivity contribution is 4.78. The van der Waals surface area contributed by atoms with Crippen LogP contribution in [-0.2, 0) is 0 Å². The maximum Gasteiger partial charge on any atom is 0.0488 e. The summed E-state index contributed by atoms with van der Waals surface area (Å²) in [7, 11) is 0. The van der Waals surface area contributed by atoms with Gasteiger partial charge in [0.2, 0.25) is 0 Å². The molecule has 0 aromatic rings. The molecule has 4 nitrogen and oxygen atoms in total. The lowest BCUT2D eigenvalue weighted by atomic mass is 9.77. The van der Waals surface area contributed by atoms with Gasteiger partial charge in [-0.05, 0) is 37.6 Å². The van der Waals surface area contributed by atoms with Crippen molar-refractivity contribution >= 4 is 0 Å². The molecule has 0 amide bonds. The highest BCUT2D eigenvalue weighted by atomic mass is 16.3. The molecule has 0 aliphatic carbocycles. The molecule has 15 heavy (non-hydrogen) atoms. The largest absolute Gasteiger partial charge is 0.396 e. The third-order valence-corrected chi connectivity index (χ3v) is 3.02. The average Bonchev–Trinajstić information content (AvgIpc) is 2.25. The van der Waals surface area contributed by atoms with Crippen molar-refractivity contribution in [3.63, 3.8) is 0 Å². The molecule has 5 N–H and O–H groups in total. The number of aliphatic hydroxyl groups is 3. The van der Waals surface area contributed by atoms with Crippen molar-refractivity contribution in [3.05, 3.63) is 0 Å². The molecule has 1 unspecified atom stereocenters. The van der Waals surface area contributed by atoms with Gasteiger partial charge >= 0.3 is 0 Å². The van der Waals surface area contributed by atoms with Crippen LogP contribution in [0, 0.1) is 5.41 Å². The van der Waals surface area contributed by atoms with Crippen LogP contribution in [0.4, 0.5) is 0 Å². The van der Waals surface area contributed by atoms with Crippen LogP contribution in [0.1, 0.15) is 38.5 Å². The molecular formula is C11H25NO3. The predicted molar refractivity (Wildman–Crippen MR) is 60.4 cm³/mol. The molecule has 0 saturated heterocycles. The van der Waals surface area contributed by atoms with Crippen molar-refractivity contribution < 1.29 is 15.3 Å². The zero-order valence-corrected chi connectivity index (χ0v) is 9.49. The van der Waals surface area contributed by atoms with E-state index in [1.807, 2.05) is 0 Å². The zero-order valence-electron chi connectivity index (χ0n) is 9.49. The van der Waals surface area contributed by atoms with Gasteiger partial charge in [0.05, 0.1) is 0 Å². The summed E-state index contributed by atoms with van der Waals surface area (Å²) in [5.41, 5.74) is 5.31. The van der Waals surface area contributed by atoms with Gasteiger partial charge in [0.1, 0.15) is 0 Å². The fraction of sp³-hybridized carbons (Fsp3) is 1.00. The number of hydrogen-bond acceptors (Lipinski definition) is 4. The third-order valence-electron chi connectivity index (χ3n) is 3.02. The molecule has 0 aromatic heterocycles. The summed E-state index contributed by atoms with van der Waals surface area (Å²) in [6.07, 6.45) is 4.99. The highest BCUT2D eigenvalue weighted by Crippen LogP contribution is 2.31. The maximum atomic E-state index is 9.38. The number of aliphatic hydroxyl groups excluding tert-OH is 3. The van der Waals surface area contributed by atoms with Gasteiger partial charge in [-0.1, -0.05) is 12.8 Å². The summed E-state index contributed by atoms with van der Waals surface area (Å²) in [4.78, 5) is 0. The van der Waals surface area contributed by atoms with Gasteiger partial charge in [-0.25, -0.2) is 0 Å². The first-order valence-electron chi connectivity index (χ1n) is 5.77. The van der Waals surface area contributed by atoms with Gasteiger partial charge in [-0.15, -0.1) is 0 Å². The minimum atomic E-state index is -0.209. The normalized spacial score (nSPS) is 15.2. The Hall–Kier alpha value is -0.160. The summed E-state index contributed by atoms with van der Waals surface area (Å²) >= 11 is 0. The second kappa shape index (κ2) is 9.09. The zero-order chi connectivity index (χ0) is 11.6. The first-order chi connectivity index (χ1) is 7.24. The van der Waals surface area contributed by atoms with Gasteiger partial charge < -0.3 is 21.1 Å². The van der Waals surface area contributed by atoms with E-state index >= 15 is 0 Å². The second-order valence-corrected chi connectivity index (χ2v) is 4.20. The molecule has 0 rings (SSSR count). The van der Waals surface area contributed by atoms with Crippen molar-refractivity contribution in [2.75, 3.05) is 26.4 Å². The molecular weight excluding hydrogens is 194 g/mol. The smallest absolute Gasteiger partial charge is 0.0488 e. The van der Waals surface area contributed by atoms with Crippen LogP contribution in [-0.4, -0.2) is 41.7 Å². The fourth-order valence-corrected chi connectivity index (χ4v) is 1.94. The van der Waals surface area contributed by atoms with Crippen molar-refractivity contribution in [2.45, 2.75) is 38.5 Å². The van der Waals surface area contributed by atoms with Crippen molar-refractivity contribution in [1.82, 2.24) is 0 Å². The lowest BCUT2D eigenvalue weighted by Crippen LogP contribution is -2.30. The second-order valence-electron chi connectivity index (χ2n) is 4.20. The molecule has 0 fully saturated rings. The standard InChI is InChI=1S/C11H25NO3/c12-7-5-11(10-15,6-9-14)4-2-1-3-8-13/h13-15H,1-10,12H2. The summed E-state index contributed by atoms with van der Waals surface area (Å²) in [6.45, 7) is 0.952. The Labute approximate surface area is 92.1 Å². The molecule has 1 atom stereocenters. The number of unbranched alkanes of at least 4 members (excludes halogenated alkanes) is 2. The predicted octanol–water partition coefficient (Wildman–Crippen LogP) is 0.249. The van der Waals surface area contributed by atoms with E-state index in [0.29, 0.717) is 13.0 Å². The van der Waals surface area contributed by atoms with Crippen LogP contribution >= 0.6 is 0 Å². The first-order valence-corrected chi connectivity index (χ1v) is 5.77. The van der Waals surface area contributed by atoms with Crippen LogP contribution in [0.15, 0.2) is 0 Å². The minimum Gasteiger partial charge on any atom is -0.396 e. The summed E-state index contributed by atoms with van der Waals surface area (Å²) in [6, 6.07) is 0. The van der Waals surface area contributed by atoms with E-state index in [4.69, 9.17) is 15.9 Å². The molecule has 92 valence electrons. The van der Waals surface area contributed by atoms with Gasteiger partial charge in [-0.3, -0.25) is 0 Å². The first kappa shape index (κ1) is 14.8. The molecule has 0 saturated carbocycles. The molecule has 0 aromatic carbocycles. The van der Waals surface area contributed by atoms with Gasteiger partial charge in [0, 0.05) is 19.8 Å². The van der Waals surface area contributed by atoms with Crippen molar-refractivity contribution in [1.29, 1.82) is 0 Å². The lowest BCUT2D eigenvalue weighted by Gasteiger charge is -2.31. The Kier molecular flexibility index (Phi) is 9.00. The van der Waals surface area contributed by atoms with Crippen molar-refractivity contribution in [2.24, 2.45) is 11.1 Å². The van der Waals surface area contributed by atoms with E-state index in [2.05, 4.69) is 0 Å². The average molecular weight is 219 g/mol. The molecule has 0 radical (unpaired) electrons. The van der Waals surface area contributed by atoms with E-state index in [1.54, 1.807) is 0 Å². The summed E-state index contributed by atoms with van der Waals surface area (Å²) in [5.74, 6) is 0. The van der Waals surface area contributed by atoms with Crippen LogP contribution in [0.5, 0.6) is 0 Å². The Balaban J connectivity index is 3.96. The van der Waals surface area contributed by atoms with Gasteiger partial charge in [0.25, 0.3) is 0 Å². The fourth-order valence-electron chi connectivity index (χ4n) is 1.94. The Morgan fingerprint density at radius 1 is 0.800 bits per heavy atom. The van der Waals surface area contributed by atoms with Crippen LogP contribution in [0.3, 0.4) is 0 Å². The van der Waals surface area contributed by atoms with Crippen LogP contribution < -0.4 is 5.73 Å². The minimum absolute atomic E-state index is 0.0872. The Morgan fingerprint density at radius 3 is 2.00 bits per heavy atom. The third kappa shape index (κ3) is 6.10. The molecule has 4 heteroatoms. The molecule has 0 aliphatic heterocycles. The quantitative estimate of drug-likeness (QED) is 0.397. The Morgan fingerprint density at radius 2 is 1.53 bits per heavy atom. The summed E-state index contributed by atoms with van der Waals surface area (Å²) < 4.78 is 0. The maximum absolute atomic E-state index is 9.38. The molecule has 0 heterocycles. The van der Waals surface area contributed by atoms with Crippen molar-refractivity contribution in [3.8, 4) is 0 Å². The molecule has 0 bridgehead atoms. The SMILES string of the molecule is NCCC(CO)(CCO)CCCCCO. The van der Waals surface area contributed by atoms with Crippen LogP contribution in [0.25, 0.3) is 0 Å². The van der Waals surface area contributed by atoms with Gasteiger partial charge in [0.15, 0.2) is 0 Å². The highest BCUT2D eigenvalue weighted by Gasteiger charge is 2.27. The molecule has 0 aliphatic rings. The van der Waals surface area contributed by atoms with E-state index in [-0.39, 0.29) is 25.2 Å². The van der Waals surface area contributed by atoms with Gasteiger partial charge in [-0.2, -0.15) is 0 Å². The van der Waals surface area contributed by atoms with Crippen LogP contribution in [0.2, 0.25) is 0 Å². The lowest BCUT2D eigenvalue weighted by molar-refractivity contribution is 0.0726. The van der Waals surface area contributed by atoms with E-state index in [1.165, 1.54) is 0 Å². The Bertz CT molecular complexity index is 136. The number of hydrogen-bond donors (Lipinski definition) is 4. The topological polar surface area (TPSA) is 86.7 Å². The molecule has 0 spiro atoms. The van der Waals surface area contributed by atoms with E-state index in [0.717, 1.165) is 32.1 Å². The van der Waals surface area contributed by atoms with E-state index < -0.39 is 0 Å². The van der Waals surface area contributed by atoms with E-state index in [9.17, 15) is 5.11 Å². The monoisotopic (exact) mass is 219 g/mol. The number of nitrogens with two attached hydrogens (primary N) is 1. The number of rotatable bonds is 10. The summed E-state index contributed by atoms with van der Waals surface area (Å²) in [5, 5.41) is 27.0.